The number of nitrogens with two attached hydrogens (primary N) is 1. The summed E-state index contributed by atoms with van der Waals surface area (Å²) in [6.45, 7) is -0.744. The molecule has 2 aromatic heterocycles. The first-order valence-electron chi connectivity index (χ1n) is 11.8. The fourth-order valence-electron chi connectivity index (χ4n) is 4.37. The van der Waals surface area contributed by atoms with Crippen LogP contribution in [0.25, 0.3) is 28.2 Å². The molecule has 2 heterocycles. The van der Waals surface area contributed by atoms with Crippen LogP contribution >= 0.6 is 23.2 Å². The maximum atomic E-state index is 13.8. The van der Waals surface area contributed by atoms with E-state index < -0.39 is 33.5 Å². The van der Waals surface area contributed by atoms with Gasteiger partial charge in [-0.25, -0.2) is 22.8 Å². The summed E-state index contributed by atoms with van der Waals surface area (Å²) in [4.78, 5) is 44.1. The van der Waals surface area contributed by atoms with Gasteiger partial charge in [-0.1, -0.05) is 47.5 Å². The Morgan fingerprint density at radius 2 is 1.57 bits per heavy atom. The molecule has 0 saturated heterocycles. The van der Waals surface area contributed by atoms with Crippen molar-refractivity contribution in [3.05, 3.63) is 109 Å². The Morgan fingerprint density at radius 1 is 0.925 bits per heavy atom. The lowest BCUT2D eigenvalue weighted by Gasteiger charge is -2.13. The molecule has 0 aliphatic heterocycles. The van der Waals surface area contributed by atoms with Crippen LogP contribution in [-0.2, 0) is 27.7 Å². The number of rotatable bonds is 7. The van der Waals surface area contributed by atoms with E-state index in [1.165, 1.54) is 16.7 Å². The fourth-order valence-corrected chi connectivity index (χ4v) is 5.34. The molecule has 3 aromatic carbocycles. The molecule has 2 N–H and O–H groups in total. The largest absolute Gasteiger partial charge is 0.368 e. The van der Waals surface area contributed by atoms with Crippen LogP contribution in [0, 0.1) is 0 Å². The minimum Gasteiger partial charge on any atom is -0.368 e. The molecule has 0 aliphatic rings. The van der Waals surface area contributed by atoms with Gasteiger partial charge in [-0.15, -0.1) is 0 Å². The topological polar surface area (TPSA) is 139 Å². The average Bonchev–Trinajstić information content (AvgIpc) is 3.30. The molecule has 0 saturated carbocycles. The second-order valence-corrected chi connectivity index (χ2v) is 11.9. The van der Waals surface area contributed by atoms with Gasteiger partial charge in [0.2, 0.25) is 5.91 Å². The van der Waals surface area contributed by atoms with E-state index >= 15 is 0 Å². The highest BCUT2D eigenvalue weighted by molar-refractivity contribution is 7.90. The normalized spacial score (nSPS) is 11.7. The van der Waals surface area contributed by atoms with Gasteiger partial charge in [-0.2, -0.15) is 0 Å². The summed E-state index contributed by atoms with van der Waals surface area (Å²) >= 11 is 12.6. The molecule has 5 aromatic rings. The van der Waals surface area contributed by atoms with E-state index in [-0.39, 0.29) is 28.4 Å². The van der Waals surface area contributed by atoms with Crippen molar-refractivity contribution in [2.75, 3.05) is 6.26 Å². The van der Waals surface area contributed by atoms with E-state index in [0.717, 1.165) is 10.8 Å². The highest BCUT2D eigenvalue weighted by Crippen LogP contribution is 2.32. The number of benzene rings is 3. The van der Waals surface area contributed by atoms with Crippen LogP contribution in [0.1, 0.15) is 5.56 Å². The molecule has 10 nitrogen and oxygen atoms in total. The molecular formula is C27H21Cl2N5O5S. The first kappa shape index (κ1) is 27.4. The summed E-state index contributed by atoms with van der Waals surface area (Å²) in [5, 5.41) is 0.823. The lowest BCUT2D eigenvalue weighted by atomic mass is 10.2. The Bertz CT molecular complexity index is 2010. The van der Waals surface area contributed by atoms with E-state index in [1.54, 1.807) is 65.2 Å². The smallest absolute Gasteiger partial charge is 0.333 e. The molecule has 0 fully saturated rings. The van der Waals surface area contributed by atoms with Gasteiger partial charge in [0, 0.05) is 22.5 Å². The molecule has 0 spiro atoms. The third kappa shape index (κ3) is 5.06. The van der Waals surface area contributed by atoms with Crippen molar-refractivity contribution < 1.29 is 13.2 Å². The Hall–Kier alpha value is -4.19. The molecule has 40 heavy (non-hydrogen) atoms. The highest BCUT2D eigenvalue weighted by atomic mass is 35.5. The lowest BCUT2D eigenvalue weighted by Crippen LogP contribution is -2.43. The predicted molar refractivity (Wildman–Crippen MR) is 153 cm³/mol. The van der Waals surface area contributed by atoms with Gasteiger partial charge in [-0.3, -0.25) is 18.7 Å². The van der Waals surface area contributed by atoms with E-state index in [2.05, 4.69) is 0 Å². The maximum Gasteiger partial charge on any atom is 0.333 e. The molecule has 1 amide bonds. The van der Waals surface area contributed by atoms with E-state index in [4.69, 9.17) is 33.9 Å². The summed E-state index contributed by atoms with van der Waals surface area (Å²) in [5.41, 5.74) is 5.40. The number of imidazole rings is 1. The van der Waals surface area contributed by atoms with Crippen molar-refractivity contribution in [1.82, 2.24) is 18.7 Å². The number of amides is 1. The Kier molecular flexibility index (Phi) is 7.13. The van der Waals surface area contributed by atoms with Gasteiger partial charge in [0.1, 0.15) is 12.4 Å². The average molecular weight is 598 g/mol. The van der Waals surface area contributed by atoms with E-state index in [1.807, 2.05) is 0 Å². The third-order valence-electron chi connectivity index (χ3n) is 6.23. The molecule has 0 unspecified atom stereocenters. The van der Waals surface area contributed by atoms with Crippen LogP contribution in [0.2, 0.25) is 10.0 Å². The number of halogens is 2. The van der Waals surface area contributed by atoms with Gasteiger partial charge < -0.3 is 5.73 Å². The summed E-state index contributed by atoms with van der Waals surface area (Å²) < 4.78 is 27.4. The lowest BCUT2D eigenvalue weighted by molar-refractivity contribution is -0.118. The quantitative estimate of drug-likeness (QED) is 0.305. The summed E-state index contributed by atoms with van der Waals surface area (Å²) in [5.74, 6) is -0.607. The second-order valence-electron chi connectivity index (χ2n) is 9.04. The number of nitrogens with zero attached hydrogens (tertiary/aromatic N) is 4. The monoisotopic (exact) mass is 597 g/mol. The molecule has 0 aliphatic carbocycles. The first-order chi connectivity index (χ1) is 19.0. The fraction of sp³-hybridized carbons (Fsp3) is 0.111. The number of carbonyl (C=O) groups excluding carboxylic acids is 1. The zero-order valence-corrected chi connectivity index (χ0v) is 23.2. The van der Waals surface area contributed by atoms with Crippen LogP contribution in [0.4, 0.5) is 0 Å². The van der Waals surface area contributed by atoms with Crippen LogP contribution in [-0.4, -0.2) is 39.3 Å². The minimum absolute atomic E-state index is 0.00542. The standard InChI is InChI=1S/C27H21Cl2N5O5S/c1-40(38,39)19-12-6-16(7-13-19)14-32-25-23(26(36)33(27(32)37)15-22(30)35)34(18-10-8-17(28)9-11-18)24(31-25)20-4-2-3-5-21(20)29/h2-13H,14-15H2,1H3,(H2,30,35). The Morgan fingerprint density at radius 3 is 2.17 bits per heavy atom. The minimum atomic E-state index is -3.43. The zero-order chi connectivity index (χ0) is 28.8. The molecule has 5 rings (SSSR count). The van der Waals surface area contributed by atoms with Crippen molar-refractivity contribution >= 4 is 50.1 Å². The van der Waals surface area contributed by atoms with Crippen molar-refractivity contribution in [1.29, 1.82) is 0 Å². The van der Waals surface area contributed by atoms with Crippen molar-refractivity contribution in [3.63, 3.8) is 0 Å². The molecule has 0 bridgehead atoms. The molecule has 0 radical (unpaired) electrons. The number of aromatic nitrogens is 4. The van der Waals surface area contributed by atoms with Crippen LogP contribution < -0.4 is 17.0 Å². The summed E-state index contributed by atoms with van der Waals surface area (Å²) in [6, 6.07) is 19.5. The number of hydrogen-bond donors (Lipinski definition) is 1. The SMILES string of the molecule is CS(=O)(=O)c1ccc(Cn2c(=O)n(CC(N)=O)c(=O)c3c2nc(-c2ccccc2Cl)n3-c2ccc(Cl)cc2)cc1. The molecule has 204 valence electrons. The van der Waals surface area contributed by atoms with Crippen LogP contribution in [0.15, 0.2) is 87.3 Å². The Labute approximate surface area is 237 Å². The zero-order valence-electron chi connectivity index (χ0n) is 20.9. The first-order valence-corrected chi connectivity index (χ1v) is 14.4. The van der Waals surface area contributed by atoms with Gasteiger partial charge >= 0.3 is 5.69 Å². The van der Waals surface area contributed by atoms with Crippen LogP contribution in [0.5, 0.6) is 0 Å². The number of hydrogen-bond acceptors (Lipinski definition) is 6. The molecular weight excluding hydrogens is 577 g/mol. The van der Waals surface area contributed by atoms with Gasteiger partial charge in [-0.05, 0) is 54.1 Å². The van der Waals surface area contributed by atoms with Crippen LogP contribution in [0.3, 0.4) is 0 Å². The number of primary amides is 1. The maximum absolute atomic E-state index is 13.8. The van der Waals surface area contributed by atoms with Crippen molar-refractivity contribution in [2.45, 2.75) is 18.0 Å². The van der Waals surface area contributed by atoms with Gasteiger partial charge in [0.15, 0.2) is 21.0 Å². The molecule has 13 heteroatoms. The second kappa shape index (κ2) is 10.4. The van der Waals surface area contributed by atoms with E-state index in [0.29, 0.717) is 26.9 Å². The predicted octanol–water partition coefficient (Wildman–Crippen LogP) is 3.26. The highest BCUT2D eigenvalue weighted by Gasteiger charge is 2.25. The summed E-state index contributed by atoms with van der Waals surface area (Å²) in [6.07, 6.45) is 1.09. The van der Waals surface area contributed by atoms with Gasteiger partial charge in [0.05, 0.1) is 16.5 Å². The summed E-state index contributed by atoms with van der Waals surface area (Å²) in [7, 11) is -3.43. The van der Waals surface area contributed by atoms with Crippen molar-refractivity contribution in [3.8, 4) is 17.1 Å². The number of sulfone groups is 1. The number of carbonyl (C=O) groups is 1. The number of fused-ring (bicyclic) bond motifs is 1. The van der Waals surface area contributed by atoms with Gasteiger partial charge in [0.25, 0.3) is 5.56 Å². The van der Waals surface area contributed by atoms with Crippen molar-refractivity contribution in [2.24, 2.45) is 5.73 Å². The molecule has 0 atom stereocenters. The third-order valence-corrected chi connectivity index (χ3v) is 7.94. The van der Waals surface area contributed by atoms with E-state index in [9.17, 15) is 22.8 Å². The Balaban J connectivity index is 1.87.